The van der Waals surface area contributed by atoms with E-state index in [9.17, 15) is 10.2 Å². The Labute approximate surface area is 199 Å². The third-order valence-electron chi connectivity index (χ3n) is 4.68. The molecule has 2 N–H and O–H groups in total. The van der Waals surface area contributed by atoms with Gasteiger partial charge in [-0.3, -0.25) is 0 Å². The molecule has 3 nitrogen and oxygen atoms in total. The largest absolute Gasteiger partial charge is 0.504 e. The molecule has 0 amide bonds. The van der Waals surface area contributed by atoms with Crippen molar-refractivity contribution in [2.24, 2.45) is 0 Å². The predicted molar refractivity (Wildman–Crippen MR) is 127 cm³/mol. The molecule has 31 heavy (non-hydrogen) atoms. The number of hydrogen-bond acceptors (Lipinski definition) is 3. The van der Waals surface area contributed by atoms with Gasteiger partial charge in [-0.05, 0) is 59.7 Å². The second kappa shape index (κ2) is 8.89. The Morgan fingerprint density at radius 1 is 0.484 bits per heavy atom. The number of ether oxygens (including phenoxy) is 1. The van der Waals surface area contributed by atoms with Crippen molar-refractivity contribution in [2.75, 3.05) is 0 Å². The van der Waals surface area contributed by atoms with Crippen LogP contribution >= 0.6 is 46.4 Å². The van der Waals surface area contributed by atoms with Gasteiger partial charge < -0.3 is 14.9 Å². The van der Waals surface area contributed by atoms with Crippen LogP contribution in [0.25, 0.3) is 22.3 Å². The maximum Gasteiger partial charge on any atom is 0.188 e. The van der Waals surface area contributed by atoms with Gasteiger partial charge in [-0.1, -0.05) is 70.7 Å². The van der Waals surface area contributed by atoms with Crippen LogP contribution in [-0.4, -0.2) is 10.2 Å². The Hall–Kier alpha value is -2.56. The molecule has 0 aromatic heterocycles. The second-order valence-electron chi connectivity index (χ2n) is 6.66. The van der Waals surface area contributed by atoms with E-state index in [0.29, 0.717) is 32.3 Å². The number of rotatable bonds is 4. The fraction of sp³-hybridized carbons (Fsp3) is 0. The van der Waals surface area contributed by atoms with Crippen molar-refractivity contribution in [3.8, 4) is 45.3 Å². The molecule has 4 rings (SSSR count). The van der Waals surface area contributed by atoms with E-state index in [2.05, 4.69) is 0 Å². The molecule has 0 aliphatic rings. The van der Waals surface area contributed by atoms with E-state index in [1.807, 2.05) is 0 Å². The molecule has 0 radical (unpaired) electrons. The van der Waals surface area contributed by atoms with Gasteiger partial charge >= 0.3 is 0 Å². The summed E-state index contributed by atoms with van der Waals surface area (Å²) >= 11 is 24.5. The van der Waals surface area contributed by atoms with Crippen LogP contribution in [0.15, 0.2) is 72.8 Å². The monoisotopic (exact) mass is 490 g/mol. The molecule has 156 valence electrons. The molecule has 4 aromatic rings. The third kappa shape index (κ3) is 4.41. The summed E-state index contributed by atoms with van der Waals surface area (Å²) in [6.07, 6.45) is 0. The number of phenolic OH excluding ortho intramolecular Hbond substituents is 2. The Kier molecular flexibility index (Phi) is 6.22. The van der Waals surface area contributed by atoms with Crippen LogP contribution < -0.4 is 4.74 Å². The van der Waals surface area contributed by atoms with Crippen LogP contribution in [-0.2, 0) is 0 Å². The first-order chi connectivity index (χ1) is 14.8. The average Bonchev–Trinajstić information content (AvgIpc) is 2.75. The molecule has 0 atom stereocenters. The number of phenols is 2. The lowest BCUT2D eigenvalue weighted by molar-refractivity contribution is 0.387. The summed E-state index contributed by atoms with van der Waals surface area (Å²) in [4.78, 5) is 0. The Balaban J connectivity index is 1.79. The fourth-order valence-corrected chi connectivity index (χ4v) is 3.75. The first kappa shape index (κ1) is 21.7. The van der Waals surface area contributed by atoms with Crippen LogP contribution in [0, 0.1) is 0 Å². The van der Waals surface area contributed by atoms with Crippen LogP contribution in [0.1, 0.15) is 0 Å². The molecular weight excluding hydrogens is 478 g/mol. The van der Waals surface area contributed by atoms with Crippen molar-refractivity contribution in [3.63, 3.8) is 0 Å². The molecular formula is C24H14Cl4O3. The molecule has 0 unspecified atom stereocenters. The molecule has 0 saturated heterocycles. The molecule has 0 aliphatic heterocycles. The van der Waals surface area contributed by atoms with Gasteiger partial charge in [-0.15, -0.1) is 0 Å². The zero-order valence-electron chi connectivity index (χ0n) is 15.7. The van der Waals surface area contributed by atoms with Gasteiger partial charge in [0.2, 0.25) is 0 Å². The maximum atomic E-state index is 10.9. The fourth-order valence-electron chi connectivity index (χ4n) is 3.11. The topological polar surface area (TPSA) is 49.7 Å². The van der Waals surface area contributed by atoms with Crippen molar-refractivity contribution in [1.29, 1.82) is 0 Å². The molecule has 0 saturated carbocycles. The quantitative estimate of drug-likeness (QED) is 0.299. The first-order valence-corrected chi connectivity index (χ1v) is 10.6. The maximum absolute atomic E-state index is 10.9. The Morgan fingerprint density at radius 2 is 0.839 bits per heavy atom. The van der Waals surface area contributed by atoms with Crippen molar-refractivity contribution in [1.82, 2.24) is 0 Å². The molecule has 0 bridgehead atoms. The predicted octanol–water partition coefficient (Wildman–Crippen LogP) is 8.84. The van der Waals surface area contributed by atoms with Crippen LogP contribution in [0.5, 0.6) is 23.0 Å². The van der Waals surface area contributed by atoms with Crippen molar-refractivity contribution in [3.05, 3.63) is 92.9 Å². The first-order valence-electron chi connectivity index (χ1n) is 9.08. The molecule has 7 heteroatoms. The lowest BCUT2D eigenvalue weighted by Crippen LogP contribution is -1.92. The highest BCUT2D eigenvalue weighted by Gasteiger charge is 2.21. The zero-order valence-corrected chi connectivity index (χ0v) is 18.8. The van der Waals surface area contributed by atoms with Gasteiger partial charge in [0.1, 0.15) is 0 Å². The molecule has 0 fully saturated rings. The van der Waals surface area contributed by atoms with Gasteiger partial charge in [-0.25, -0.2) is 0 Å². The molecule has 0 heterocycles. The summed E-state index contributed by atoms with van der Waals surface area (Å²) in [5.41, 5.74) is 2.41. The SMILES string of the molecule is Oc1c(-c2ccc(Cl)cc2)ccc(Cl)c1Oc1c(Cl)ccc(-c2ccc(Cl)cc2)c1O. The zero-order chi connectivity index (χ0) is 22.1. The van der Waals surface area contributed by atoms with Gasteiger partial charge in [0.15, 0.2) is 23.0 Å². The Bertz CT molecular complexity index is 1150. The van der Waals surface area contributed by atoms with Crippen LogP contribution in [0.2, 0.25) is 20.1 Å². The highest BCUT2D eigenvalue weighted by molar-refractivity contribution is 6.33. The molecule has 0 spiro atoms. The van der Waals surface area contributed by atoms with E-state index in [4.69, 9.17) is 51.1 Å². The smallest absolute Gasteiger partial charge is 0.188 e. The third-order valence-corrected chi connectivity index (χ3v) is 5.78. The lowest BCUT2D eigenvalue weighted by Gasteiger charge is -2.16. The van der Waals surface area contributed by atoms with Gasteiger partial charge in [-0.2, -0.15) is 0 Å². The van der Waals surface area contributed by atoms with Crippen LogP contribution in [0.3, 0.4) is 0 Å². The van der Waals surface area contributed by atoms with Gasteiger partial charge in [0.05, 0.1) is 10.0 Å². The summed E-state index contributed by atoms with van der Waals surface area (Å²) in [5.74, 6) is -0.441. The van der Waals surface area contributed by atoms with Crippen molar-refractivity contribution in [2.45, 2.75) is 0 Å². The summed E-state index contributed by atoms with van der Waals surface area (Å²) in [6, 6.07) is 20.4. The van der Waals surface area contributed by atoms with E-state index < -0.39 is 0 Å². The molecule has 0 aliphatic carbocycles. The molecule has 4 aromatic carbocycles. The van der Waals surface area contributed by atoms with E-state index in [1.54, 1.807) is 72.8 Å². The standard InChI is InChI=1S/C24H14Cl4O3/c25-15-5-1-13(2-6-15)17-9-11-19(27)23(21(17)29)31-24-20(28)12-10-18(22(24)30)14-3-7-16(26)8-4-14/h1-12,29-30H. The number of benzene rings is 4. The highest BCUT2D eigenvalue weighted by atomic mass is 35.5. The minimum Gasteiger partial charge on any atom is -0.504 e. The van der Waals surface area contributed by atoms with E-state index in [-0.39, 0.29) is 33.0 Å². The number of halogens is 4. The summed E-state index contributed by atoms with van der Waals surface area (Å²) in [5, 5.41) is 23.2. The Morgan fingerprint density at radius 3 is 1.19 bits per heavy atom. The van der Waals surface area contributed by atoms with E-state index >= 15 is 0 Å². The number of aromatic hydroxyl groups is 2. The van der Waals surface area contributed by atoms with Gasteiger partial charge in [0, 0.05) is 21.2 Å². The minimum atomic E-state index is -0.192. The summed E-state index contributed by atoms with van der Waals surface area (Å²) in [6.45, 7) is 0. The van der Waals surface area contributed by atoms with E-state index in [1.165, 1.54) is 0 Å². The van der Waals surface area contributed by atoms with E-state index in [0.717, 1.165) is 0 Å². The van der Waals surface area contributed by atoms with Crippen LogP contribution in [0.4, 0.5) is 0 Å². The summed E-state index contributed by atoms with van der Waals surface area (Å²) in [7, 11) is 0. The normalized spacial score (nSPS) is 10.8. The second-order valence-corrected chi connectivity index (χ2v) is 8.35. The van der Waals surface area contributed by atoms with Crippen molar-refractivity contribution < 1.29 is 14.9 Å². The average molecular weight is 492 g/mol. The highest BCUT2D eigenvalue weighted by Crippen LogP contribution is 2.49. The van der Waals surface area contributed by atoms with Gasteiger partial charge in [0.25, 0.3) is 0 Å². The van der Waals surface area contributed by atoms with Crippen molar-refractivity contribution >= 4 is 46.4 Å². The summed E-state index contributed by atoms with van der Waals surface area (Å²) < 4.78 is 5.86. The number of hydrogen-bond donors (Lipinski definition) is 2. The minimum absolute atomic E-state index is 0.0282. The lowest BCUT2D eigenvalue weighted by atomic mass is 10.0.